The zero-order valence-electron chi connectivity index (χ0n) is 15.8. The van der Waals surface area contributed by atoms with Gasteiger partial charge in [-0.1, -0.05) is 30.3 Å². The molecule has 0 radical (unpaired) electrons. The van der Waals surface area contributed by atoms with Gasteiger partial charge in [-0.3, -0.25) is 4.79 Å². The molecule has 0 unspecified atom stereocenters. The molecule has 7 heteroatoms. The van der Waals surface area contributed by atoms with Crippen molar-refractivity contribution < 1.29 is 13.9 Å². The van der Waals surface area contributed by atoms with E-state index in [-0.39, 0.29) is 5.91 Å². The number of hydrogen-bond donors (Lipinski definition) is 1. The predicted octanol–water partition coefficient (Wildman–Crippen LogP) is 3.82. The van der Waals surface area contributed by atoms with Crippen LogP contribution in [0.3, 0.4) is 0 Å². The largest absolute Gasteiger partial charge is 0.489 e. The van der Waals surface area contributed by atoms with Crippen LogP contribution in [0.1, 0.15) is 16.1 Å². The first-order chi connectivity index (χ1) is 13.5. The van der Waals surface area contributed by atoms with Crippen molar-refractivity contribution in [3.8, 4) is 16.3 Å². The smallest absolute Gasteiger partial charge is 0.270 e. The summed E-state index contributed by atoms with van der Waals surface area (Å²) in [5, 5.41) is 4.90. The Hall–Kier alpha value is -2.77. The van der Waals surface area contributed by atoms with Gasteiger partial charge in [0.05, 0.1) is 0 Å². The normalized spacial score (nSPS) is 10.9. The summed E-state index contributed by atoms with van der Waals surface area (Å²) in [6.07, 6.45) is 0. The van der Waals surface area contributed by atoms with Crippen LogP contribution in [0, 0.1) is 5.82 Å². The first-order valence-corrected chi connectivity index (χ1v) is 9.76. The molecule has 146 valence electrons. The van der Waals surface area contributed by atoms with Crippen LogP contribution in [0.5, 0.6) is 5.75 Å². The molecule has 3 rings (SSSR count). The molecule has 0 spiro atoms. The van der Waals surface area contributed by atoms with Crippen LogP contribution in [0.15, 0.2) is 53.9 Å². The van der Waals surface area contributed by atoms with E-state index >= 15 is 0 Å². The molecule has 0 atom stereocenters. The van der Waals surface area contributed by atoms with Gasteiger partial charge in [0, 0.05) is 30.1 Å². The molecule has 0 bridgehead atoms. The maximum atomic E-state index is 14.5. The lowest BCUT2D eigenvalue weighted by Crippen LogP contribution is -2.31. The van der Waals surface area contributed by atoms with Gasteiger partial charge in [0.2, 0.25) is 0 Å². The summed E-state index contributed by atoms with van der Waals surface area (Å²) in [6, 6.07) is 14.4. The number of halogens is 1. The molecular weight excluding hydrogens is 377 g/mol. The lowest BCUT2D eigenvalue weighted by atomic mass is 10.2. The molecule has 0 fully saturated rings. The lowest BCUT2D eigenvalue weighted by molar-refractivity contribution is 0.0947. The second-order valence-electron chi connectivity index (χ2n) is 6.51. The maximum absolute atomic E-state index is 14.5. The number of carbonyl (C=O) groups excluding carboxylic acids is 1. The zero-order valence-corrected chi connectivity index (χ0v) is 16.6. The Morgan fingerprint density at radius 3 is 2.71 bits per heavy atom. The molecule has 1 heterocycles. The molecule has 0 saturated carbocycles. The van der Waals surface area contributed by atoms with E-state index in [2.05, 4.69) is 10.3 Å². The third kappa shape index (κ3) is 5.37. The van der Waals surface area contributed by atoms with Gasteiger partial charge < -0.3 is 15.0 Å². The van der Waals surface area contributed by atoms with Gasteiger partial charge in [-0.2, -0.15) is 0 Å². The maximum Gasteiger partial charge on any atom is 0.270 e. The highest BCUT2D eigenvalue weighted by molar-refractivity contribution is 7.13. The van der Waals surface area contributed by atoms with Gasteiger partial charge in [0.25, 0.3) is 5.91 Å². The van der Waals surface area contributed by atoms with E-state index in [1.54, 1.807) is 17.5 Å². The predicted molar refractivity (Wildman–Crippen MR) is 109 cm³/mol. The van der Waals surface area contributed by atoms with E-state index in [1.165, 1.54) is 17.4 Å². The minimum absolute atomic E-state index is 0.257. The Labute approximate surface area is 167 Å². The molecule has 0 aliphatic heterocycles. The van der Waals surface area contributed by atoms with Gasteiger partial charge in [0.1, 0.15) is 28.9 Å². The Kier molecular flexibility index (Phi) is 6.73. The third-order valence-electron chi connectivity index (χ3n) is 4.00. The van der Waals surface area contributed by atoms with Gasteiger partial charge in [-0.05, 0) is 31.8 Å². The van der Waals surface area contributed by atoms with Crippen molar-refractivity contribution in [3.63, 3.8) is 0 Å². The molecule has 1 amide bonds. The number of thiazole rings is 1. The van der Waals surface area contributed by atoms with Gasteiger partial charge in [0.15, 0.2) is 0 Å². The van der Waals surface area contributed by atoms with E-state index in [9.17, 15) is 9.18 Å². The molecule has 0 saturated heterocycles. The summed E-state index contributed by atoms with van der Waals surface area (Å²) < 4.78 is 20.2. The summed E-state index contributed by atoms with van der Waals surface area (Å²) in [7, 11) is 3.87. The fourth-order valence-corrected chi connectivity index (χ4v) is 3.31. The standard InChI is InChI=1S/C21H22FN3O2S/c1-25(2)11-10-23-20(26)19-14-28-21(24-19)17-9-8-16(12-18(17)22)27-13-15-6-4-3-5-7-15/h3-9,12,14H,10-11,13H2,1-2H3,(H,23,26). The van der Waals surface area contributed by atoms with Gasteiger partial charge in [-0.25, -0.2) is 9.37 Å². The average molecular weight is 399 g/mol. The fourth-order valence-electron chi connectivity index (χ4n) is 2.49. The number of carbonyl (C=O) groups is 1. The minimum atomic E-state index is -0.431. The van der Waals surface area contributed by atoms with Crippen LogP contribution < -0.4 is 10.1 Å². The minimum Gasteiger partial charge on any atom is -0.489 e. The summed E-state index contributed by atoms with van der Waals surface area (Å²) in [4.78, 5) is 18.4. The van der Waals surface area contributed by atoms with Crippen LogP contribution in [-0.4, -0.2) is 43.0 Å². The van der Waals surface area contributed by atoms with Crippen LogP contribution in [0.2, 0.25) is 0 Å². The lowest BCUT2D eigenvalue weighted by Gasteiger charge is -2.09. The first kappa shape index (κ1) is 20.0. The number of amides is 1. The summed E-state index contributed by atoms with van der Waals surface area (Å²) >= 11 is 1.24. The topological polar surface area (TPSA) is 54.5 Å². The van der Waals surface area contributed by atoms with E-state index in [4.69, 9.17) is 4.74 Å². The van der Waals surface area contributed by atoms with Crippen molar-refractivity contribution >= 4 is 17.2 Å². The molecular formula is C21H22FN3O2S. The number of aromatic nitrogens is 1. The molecule has 2 aromatic carbocycles. The van der Waals surface area contributed by atoms with Crippen molar-refractivity contribution in [2.75, 3.05) is 27.2 Å². The van der Waals surface area contributed by atoms with Crippen molar-refractivity contribution in [3.05, 3.63) is 71.0 Å². The van der Waals surface area contributed by atoms with Crippen LogP contribution in [-0.2, 0) is 6.61 Å². The number of nitrogens with one attached hydrogen (secondary N) is 1. The van der Waals surface area contributed by atoms with Crippen LogP contribution in [0.25, 0.3) is 10.6 Å². The Bertz CT molecular complexity index is 928. The SMILES string of the molecule is CN(C)CCNC(=O)c1csc(-c2ccc(OCc3ccccc3)cc2F)n1. The van der Waals surface area contributed by atoms with Crippen LogP contribution >= 0.6 is 11.3 Å². The molecule has 1 aromatic heterocycles. The van der Waals surface area contributed by atoms with Crippen molar-refractivity contribution in [1.82, 2.24) is 15.2 Å². The Morgan fingerprint density at radius 1 is 1.21 bits per heavy atom. The molecule has 0 aliphatic rings. The van der Waals surface area contributed by atoms with Crippen molar-refractivity contribution in [2.24, 2.45) is 0 Å². The van der Waals surface area contributed by atoms with Gasteiger partial charge >= 0.3 is 0 Å². The molecule has 1 N–H and O–H groups in total. The van der Waals surface area contributed by atoms with Crippen molar-refractivity contribution in [1.29, 1.82) is 0 Å². The number of ether oxygens (including phenoxy) is 1. The Balaban J connectivity index is 1.64. The highest BCUT2D eigenvalue weighted by atomic mass is 32.1. The number of likely N-dealkylation sites (N-methyl/N-ethyl adjacent to an activating group) is 1. The van der Waals surface area contributed by atoms with Crippen LogP contribution in [0.4, 0.5) is 4.39 Å². The number of nitrogens with zero attached hydrogens (tertiary/aromatic N) is 2. The average Bonchev–Trinajstić information content (AvgIpc) is 3.17. The summed E-state index contributed by atoms with van der Waals surface area (Å²) in [5.74, 6) is -0.240. The van der Waals surface area contributed by atoms with Crippen molar-refractivity contribution in [2.45, 2.75) is 6.61 Å². The first-order valence-electron chi connectivity index (χ1n) is 8.88. The van der Waals surface area contributed by atoms with E-state index < -0.39 is 5.82 Å². The monoisotopic (exact) mass is 399 g/mol. The van der Waals surface area contributed by atoms with Gasteiger partial charge in [-0.15, -0.1) is 11.3 Å². The highest BCUT2D eigenvalue weighted by Crippen LogP contribution is 2.29. The number of hydrogen-bond acceptors (Lipinski definition) is 5. The fraction of sp³-hybridized carbons (Fsp3) is 0.238. The van der Waals surface area contributed by atoms with E-state index in [1.807, 2.05) is 49.3 Å². The summed E-state index contributed by atoms with van der Waals surface area (Å²) in [6.45, 7) is 1.64. The third-order valence-corrected chi connectivity index (χ3v) is 4.88. The van der Waals surface area contributed by atoms with E-state index in [0.717, 1.165) is 12.1 Å². The van der Waals surface area contributed by atoms with E-state index in [0.29, 0.717) is 35.2 Å². The number of rotatable bonds is 8. The molecule has 5 nitrogen and oxygen atoms in total. The summed E-state index contributed by atoms with van der Waals surface area (Å²) in [5.41, 5.74) is 1.66. The second-order valence-corrected chi connectivity index (χ2v) is 7.37. The highest BCUT2D eigenvalue weighted by Gasteiger charge is 2.15. The zero-order chi connectivity index (χ0) is 19.9. The second kappa shape index (κ2) is 9.43. The molecule has 28 heavy (non-hydrogen) atoms. The molecule has 0 aliphatic carbocycles. The Morgan fingerprint density at radius 2 is 2.00 bits per heavy atom. The quantitative estimate of drug-likeness (QED) is 0.626. The number of benzene rings is 2. The molecule has 3 aromatic rings.